The van der Waals surface area contributed by atoms with E-state index in [4.69, 9.17) is 0 Å². The van der Waals surface area contributed by atoms with E-state index < -0.39 is 17.0 Å². The van der Waals surface area contributed by atoms with Crippen LogP contribution in [-0.2, 0) is 19.5 Å². The Morgan fingerprint density at radius 3 is 2.92 bits per heavy atom. The number of rotatable bonds is 4. The number of pyridine rings is 1. The van der Waals surface area contributed by atoms with Crippen molar-refractivity contribution < 1.29 is 18.1 Å². The number of nitro groups is 1. The fraction of sp³-hybridized carbons (Fsp3) is 0.462. The Balaban J connectivity index is 1.73. The zero-order valence-electron chi connectivity index (χ0n) is 12.3. The van der Waals surface area contributed by atoms with Gasteiger partial charge in [0.1, 0.15) is 5.82 Å². The van der Waals surface area contributed by atoms with E-state index in [-0.39, 0.29) is 43.3 Å². The molecule has 0 spiro atoms. The van der Waals surface area contributed by atoms with E-state index in [0.717, 1.165) is 0 Å². The first-order valence-electron chi connectivity index (χ1n) is 7.17. The van der Waals surface area contributed by atoms with Gasteiger partial charge in [0.15, 0.2) is 5.82 Å². The number of nitrogens with one attached hydrogen (secondary N) is 1. The second-order valence-corrected chi connectivity index (χ2v) is 5.40. The molecule has 3 rings (SSSR count). The van der Waals surface area contributed by atoms with Crippen molar-refractivity contribution >= 4 is 11.5 Å². The van der Waals surface area contributed by atoms with Crippen LogP contribution in [0.15, 0.2) is 18.3 Å². The first kappa shape index (κ1) is 16.1. The van der Waals surface area contributed by atoms with Crippen LogP contribution >= 0.6 is 0 Å². The Morgan fingerprint density at radius 2 is 2.21 bits per heavy atom. The molecule has 11 heteroatoms. The third-order valence-electron chi connectivity index (χ3n) is 3.89. The lowest BCUT2D eigenvalue weighted by Crippen LogP contribution is -2.31. The smallest absolute Gasteiger partial charge is 0.357 e. The summed E-state index contributed by atoms with van der Waals surface area (Å²) in [7, 11) is 0. The standard InChI is InChI=1S/C13H13F3N6O2/c14-13(15,16)8-3-5-21-10(6-8)19-20-11(21)7-18-12-9(22(23)24)2-1-4-17-12/h1-2,4,8H,3,5-7H2,(H,17,18). The largest absolute Gasteiger partial charge is 0.392 e. The van der Waals surface area contributed by atoms with E-state index in [1.54, 1.807) is 4.57 Å². The van der Waals surface area contributed by atoms with E-state index in [0.29, 0.717) is 5.82 Å². The van der Waals surface area contributed by atoms with Gasteiger partial charge in [0.25, 0.3) is 0 Å². The average Bonchev–Trinajstić information content (AvgIpc) is 2.94. The fourth-order valence-electron chi connectivity index (χ4n) is 2.64. The Morgan fingerprint density at radius 1 is 1.42 bits per heavy atom. The lowest BCUT2D eigenvalue weighted by molar-refractivity contribution is -0.384. The SMILES string of the molecule is O=[N+]([O-])c1cccnc1NCc1nnc2n1CCC(C(F)(F)F)C2. The second kappa shape index (κ2) is 6.06. The van der Waals surface area contributed by atoms with Crippen LogP contribution in [0.5, 0.6) is 0 Å². The van der Waals surface area contributed by atoms with Crippen LogP contribution in [0.4, 0.5) is 24.7 Å². The van der Waals surface area contributed by atoms with Crippen molar-refractivity contribution in [1.29, 1.82) is 0 Å². The topological polar surface area (TPSA) is 98.8 Å². The van der Waals surface area contributed by atoms with Crippen molar-refractivity contribution in [1.82, 2.24) is 19.7 Å². The van der Waals surface area contributed by atoms with Crippen LogP contribution in [0.3, 0.4) is 0 Å². The van der Waals surface area contributed by atoms with Crippen LogP contribution in [0.1, 0.15) is 18.1 Å². The first-order valence-corrected chi connectivity index (χ1v) is 7.17. The second-order valence-electron chi connectivity index (χ2n) is 5.40. The van der Waals surface area contributed by atoms with E-state index >= 15 is 0 Å². The van der Waals surface area contributed by atoms with E-state index in [1.165, 1.54) is 18.3 Å². The maximum absolute atomic E-state index is 12.8. The number of hydrogen-bond donors (Lipinski definition) is 1. The maximum atomic E-state index is 12.8. The van der Waals surface area contributed by atoms with Crippen LogP contribution < -0.4 is 5.32 Å². The van der Waals surface area contributed by atoms with Gasteiger partial charge in [0.2, 0.25) is 5.82 Å². The summed E-state index contributed by atoms with van der Waals surface area (Å²) in [6, 6.07) is 2.75. The average molecular weight is 342 g/mol. The third-order valence-corrected chi connectivity index (χ3v) is 3.89. The molecule has 1 atom stereocenters. The van der Waals surface area contributed by atoms with Gasteiger partial charge in [-0.05, 0) is 12.5 Å². The number of fused-ring (bicyclic) bond motifs is 1. The summed E-state index contributed by atoms with van der Waals surface area (Å²) in [5.74, 6) is -0.641. The molecule has 0 aliphatic carbocycles. The van der Waals surface area contributed by atoms with E-state index in [1.807, 2.05) is 0 Å². The van der Waals surface area contributed by atoms with Crippen molar-refractivity contribution in [2.45, 2.75) is 32.1 Å². The van der Waals surface area contributed by atoms with Crippen LogP contribution in [0.25, 0.3) is 0 Å². The summed E-state index contributed by atoms with van der Waals surface area (Å²) in [5, 5.41) is 21.4. The van der Waals surface area contributed by atoms with Gasteiger partial charge in [-0.2, -0.15) is 13.2 Å². The molecule has 1 unspecified atom stereocenters. The molecular weight excluding hydrogens is 329 g/mol. The number of alkyl halides is 3. The summed E-state index contributed by atoms with van der Waals surface area (Å²) in [4.78, 5) is 14.3. The van der Waals surface area contributed by atoms with Crippen molar-refractivity contribution in [3.8, 4) is 0 Å². The zero-order chi connectivity index (χ0) is 17.3. The minimum atomic E-state index is -4.25. The normalized spacial score (nSPS) is 17.4. The van der Waals surface area contributed by atoms with Crippen molar-refractivity contribution in [3.05, 3.63) is 40.1 Å². The van der Waals surface area contributed by atoms with Gasteiger partial charge in [-0.15, -0.1) is 10.2 Å². The van der Waals surface area contributed by atoms with Gasteiger partial charge in [-0.3, -0.25) is 10.1 Å². The van der Waals surface area contributed by atoms with Crippen molar-refractivity contribution in [3.63, 3.8) is 0 Å². The van der Waals surface area contributed by atoms with Crippen molar-refractivity contribution in [2.24, 2.45) is 5.92 Å². The van der Waals surface area contributed by atoms with Gasteiger partial charge in [0, 0.05) is 25.2 Å². The highest BCUT2D eigenvalue weighted by molar-refractivity contribution is 5.54. The van der Waals surface area contributed by atoms with Crippen molar-refractivity contribution in [2.75, 3.05) is 5.32 Å². The summed E-state index contributed by atoms with van der Waals surface area (Å²) < 4.78 is 40.0. The lowest BCUT2D eigenvalue weighted by Gasteiger charge is -2.25. The number of anilines is 1. The van der Waals surface area contributed by atoms with E-state index in [9.17, 15) is 23.3 Å². The quantitative estimate of drug-likeness (QED) is 0.676. The minimum absolute atomic E-state index is 0.0364. The summed E-state index contributed by atoms with van der Waals surface area (Å²) in [6.45, 7) is 0.245. The van der Waals surface area contributed by atoms with Gasteiger partial charge >= 0.3 is 11.9 Å². The molecule has 0 radical (unpaired) electrons. The monoisotopic (exact) mass is 342 g/mol. The molecule has 0 aromatic carbocycles. The molecule has 0 saturated heterocycles. The van der Waals surface area contributed by atoms with Gasteiger partial charge in [0.05, 0.1) is 17.4 Å². The Labute approximate surface area is 133 Å². The summed E-state index contributed by atoms with van der Waals surface area (Å²) in [5.41, 5.74) is -0.187. The highest BCUT2D eigenvalue weighted by atomic mass is 19.4. The molecule has 2 aromatic heterocycles. The highest BCUT2D eigenvalue weighted by Crippen LogP contribution is 2.34. The lowest BCUT2D eigenvalue weighted by atomic mass is 9.97. The molecule has 1 N–H and O–H groups in total. The third kappa shape index (κ3) is 3.14. The summed E-state index contributed by atoms with van der Waals surface area (Å²) >= 11 is 0. The number of aromatic nitrogens is 4. The molecule has 3 heterocycles. The molecule has 0 saturated carbocycles. The number of nitrogens with zero attached hydrogens (tertiary/aromatic N) is 5. The maximum Gasteiger partial charge on any atom is 0.392 e. The van der Waals surface area contributed by atoms with Gasteiger partial charge in [-0.1, -0.05) is 0 Å². The Kier molecular flexibility index (Phi) is 4.08. The molecule has 2 aromatic rings. The number of hydrogen-bond acceptors (Lipinski definition) is 6. The first-order chi connectivity index (χ1) is 11.4. The van der Waals surface area contributed by atoms with Crippen LogP contribution in [0.2, 0.25) is 0 Å². The van der Waals surface area contributed by atoms with Gasteiger partial charge in [-0.25, -0.2) is 4.98 Å². The Bertz CT molecular complexity index is 760. The molecule has 1 aliphatic heterocycles. The molecule has 24 heavy (non-hydrogen) atoms. The van der Waals surface area contributed by atoms with E-state index in [2.05, 4.69) is 20.5 Å². The number of halogens is 3. The molecule has 128 valence electrons. The zero-order valence-corrected chi connectivity index (χ0v) is 12.3. The predicted molar refractivity (Wildman–Crippen MR) is 76.1 cm³/mol. The molecule has 0 amide bonds. The fourth-order valence-corrected chi connectivity index (χ4v) is 2.64. The minimum Gasteiger partial charge on any atom is -0.357 e. The predicted octanol–water partition coefficient (Wildman–Crippen LogP) is 2.32. The van der Waals surface area contributed by atoms with Crippen LogP contribution in [0, 0.1) is 16.0 Å². The summed E-state index contributed by atoms with van der Waals surface area (Å²) in [6.07, 6.45) is -3.09. The molecule has 1 aliphatic rings. The molecular formula is C13H13F3N6O2. The molecule has 0 bridgehead atoms. The molecule has 8 nitrogen and oxygen atoms in total. The Hall–Kier alpha value is -2.72. The van der Waals surface area contributed by atoms with Crippen LogP contribution in [-0.4, -0.2) is 30.8 Å². The highest BCUT2D eigenvalue weighted by Gasteiger charge is 2.42. The van der Waals surface area contributed by atoms with Gasteiger partial charge < -0.3 is 9.88 Å². The molecule has 0 fully saturated rings.